The van der Waals surface area contributed by atoms with Gasteiger partial charge in [-0.05, 0) is 12.3 Å². The van der Waals surface area contributed by atoms with Crippen molar-refractivity contribution in [1.29, 1.82) is 0 Å². The first-order chi connectivity index (χ1) is 7.52. The molecule has 5 nitrogen and oxygen atoms in total. The summed E-state index contributed by atoms with van der Waals surface area (Å²) in [5, 5.41) is 5.30. The Morgan fingerprint density at radius 2 is 1.94 bits per heavy atom. The van der Waals surface area contributed by atoms with Crippen molar-refractivity contribution in [2.24, 2.45) is 5.92 Å². The fourth-order valence-corrected chi connectivity index (χ4v) is 1.22. The van der Waals surface area contributed by atoms with Crippen molar-refractivity contribution in [1.82, 2.24) is 10.6 Å². The van der Waals surface area contributed by atoms with Crippen LogP contribution in [0.1, 0.15) is 33.6 Å². The third kappa shape index (κ3) is 5.58. The highest BCUT2D eigenvalue weighted by molar-refractivity contribution is 5.85. The second-order valence-corrected chi connectivity index (χ2v) is 4.00. The Morgan fingerprint density at radius 3 is 2.38 bits per heavy atom. The Bertz CT molecular complexity index is 229. The highest BCUT2D eigenvalue weighted by Crippen LogP contribution is 2.02. The largest absolute Gasteiger partial charge is 0.453 e. The number of alkyl carbamates (subject to hydrolysis) is 1. The van der Waals surface area contributed by atoms with Gasteiger partial charge in [-0.1, -0.05) is 27.2 Å². The van der Waals surface area contributed by atoms with E-state index in [1.54, 1.807) is 0 Å². The lowest BCUT2D eigenvalue weighted by molar-refractivity contribution is -0.124. The Hall–Kier alpha value is -1.26. The van der Waals surface area contributed by atoms with Crippen molar-refractivity contribution in [2.75, 3.05) is 13.7 Å². The standard InChI is InChI=1S/C11H22N2O3/c1-5-6-7-12-10(14)9(8(2)3)13-11(15)16-4/h8-9H,5-7H2,1-4H3,(H,12,14)(H,13,15). The number of methoxy groups -OCH3 is 1. The van der Waals surface area contributed by atoms with Gasteiger partial charge in [0.1, 0.15) is 6.04 Å². The van der Waals surface area contributed by atoms with Gasteiger partial charge in [-0.3, -0.25) is 4.79 Å². The highest BCUT2D eigenvalue weighted by Gasteiger charge is 2.23. The topological polar surface area (TPSA) is 67.4 Å². The van der Waals surface area contributed by atoms with Gasteiger partial charge in [-0.25, -0.2) is 4.79 Å². The molecule has 1 atom stereocenters. The molecule has 0 spiro atoms. The maximum Gasteiger partial charge on any atom is 0.407 e. The van der Waals surface area contributed by atoms with Gasteiger partial charge >= 0.3 is 6.09 Å². The van der Waals surface area contributed by atoms with Crippen LogP contribution < -0.4 is 10.6 Å². The molecular weight excluding hydrogens is 208 g/mol. The van der Waals surface area contributed by atoms with Gasteiger partial charge < -0.3 is 15.4 Å². The van der Waals surface area contributed by atoms with E-state index >= 15 is 0 Å². The molecule has 0 saturated heterocycles. The van der Waals surface area contributed by atoms with E-state index in [9.17, 15) is 9.59 Å². The molecule has 0 aromatic heterocycles. The van der Waals surface area contributed by atoms with Crippen molar-refractivity contribution in [3.05, 3.63) is 0 Å². The average molecular weight is 230 g/mol. The Kier molecular flexibility index (Phi) is 7.33. The van der Waals surface area contributed by atoms with Crippen LogP contribution in [0.15, 0.2) is 0 Å². The molecule has 0 aliphatic carbocycles. The predicted octanol–water partition coefficient (Wildman–Crippen LogP) is 1.28. The van der Waals surface area contributed by atoms with Gasteiger partial charge in [0.2, 0.25) is 5.91 Å². The number of amides is 2. The summed E-state index contributed by atoms with van der Waals surface area (Å²) in [5.41, 5.74) is 0. The van der Waals surface area contributed by atoms with Crippen LogP contribution in [0.5, 0.6) is 0 Å². The lowest BCUT2D eigenvalue weighted by Gasteiger charge is -2.20. The van der Waals surface area contributed by atoms with Gasteiger partial charge in [0.05, 0.1) is 7.11 Å². The van der Waals surface area contributed by atoms with Crippen molar-refractivity contribution >= 4 is 12.0 Å². The number of nitrogens with one attached hydrogen (secondary N) is 2. The zero-order chi connectivity index (χ0) is 12.6. The van der Waals surface area contributed by atoms with E-state index in [0.29, 0.717) is 6.54 Å². The summed E-state index contributed by atoms with van der Waals surface area (Å²) in [7, 11) is 1.28. The van der Waals surface area contributed by atoms with Crippen LogP contribution in [-0.2, 0) is 9.53 Å². The van der Waals surface area contributed by atoms with Gasteiger partial charge in [-0.2, -0.15) is 0 Å². The summed E-state index contributed by atoms with van der Waals surface area (Å²) in [4.78, 5) is 22.8. The van der Waals surface area contributed by atoms with Crippen LogP contribution in [0.2, 0.25) is 0 Å². The Labute approximate surface area is 96.9 Å². The van der Waals surface area contributed by atoms with E-state index in [2.05, 4.69) is 22.3 Å². The van der Waals surface area contributed by atoms with Crippen LogP contribution in [0, 0.1) is 5.92 Å². The van der Waals surface area contributed by atoms with E-state index < -0.39 is 12.1 Å². The summed E-state index contributed by atoms with van der Waals surface area (Å²) in [6.45, 7) is 6.44. The number of carbonyl (C=O) groups is 2. The third-order valence-electron chi connectivity index (χ3n) is 2.24. The molecule has 0 fully saturated rings. The molecule has 0 rings (SSSR count). The normalized spacial score (nSPS) is 12.1. The third-order valence-corrected chi connectivity index (χ3v) is 2.24. The van der Waals surface area contributed by atoms with Crippen LogP contribution in [0.3, 0.4) is 0 Å². The number of hydrogen-bond donors (Lipinski definition) is 2. The number of unbranched alkanes of at least 4 members (excludes halogenated alkanes) is 1. The first kappa shape index (κ1) is 14.7. The minimum absolute atomic E-state index is 0.0285. The van der Waals surface area contributed by atoms with E-state index in [1.165, 1.54) is 7.11 Å². The lowest BCUT2D eigenvalue weighted by atomic mass is 10.0. The Balaban J connectivity index is 4.19. The minimum Gasteiger partial charge on any atom is -0.453 e. The molecule has 1 unspecified atom stereocenters. The van der Waals surface area contributed by atoms with Gasteiger partial charge in [0, 0.05) is 6.54 Å². The van der Waals surface area contributed by atoms with E-state index in [0.717, 1.165) is 12.8 Å². The van der Waals surface area contributed by atoms with E-state index in [1.807, 2.05) is 13.8 Å². The number of carbonyl (C=O) groups excluding carboxylic acids is 2. The number of ether oxygens (including phenoxy) is 1. The molecule has 0 saturated carbocycles. The van der Waals surface area contributed by atoms with E-state index in [4.69, 9.17) is 0 Å². The highest BCUT2D eigenvalue weighted by atomic mass is 16.5. The van der Waals surface area contributed by atoms with Crippen molar-refractivity contribution in [2.45, 2.75) is 39.7 Å². The van der Waals surface area contributed by atoms with Crippen LogP contribution in [0.25, 0.3) is 0 Å². The molecule has 2 N–H and O–H groups in total. The monoisotopic (exact) mass is 230 g/mol. The maximum atomic E-state index is 11.7. The fourth-order valence-electron chi connectivity index (χ4n) is 1.22. The van der Waals surface area contributed by atoms with Gasteiger partial charge in [-0.15, -0.1) is 0 Å². The molecular formula is C11H22N2O3. The number of hydrogen-bond acceptors (Lipinski definition) is 3. The number of rotatable bonds is 6. The molecule has 0 radical (unpaired) electrons. The molecule has 0 aliphatic rings. The molecule has 0 bridgehead atoms. The summed E-state index contributed by atoms with van der Waals surface area (Å²) in [6.07, 6.45) is 1.38. The molecule has 0 aliphatic heterocycles. The molecule has 94 valence electrons. The molecule has 5 heteroatoms. The minimum atomic E-state index is -0.579. The van der Waals surface area contributed by atoms with Gasteiger partial charge in [0.25, 0.3) is 0 Å². The Morgan fingerprint density at radius 1 is 1.31 bits per heavy atom. The van der Waals surface area contributed by atoms with Crippen LogP contribution >= 0.6 is 0 Å². The predicted molar refractivity (Wildman–Crippen MR) is 62.1 cm³/mol. The molecule has 16 heavy (non-hydrogen) atoms. The van der Waals surface area contributed by atoms with Crippen LogP contribution in [0.4, 0.5) is 4.79 Å². The molecule has 0 heterocycles. The summed E-state index contributed by atoms with van der Waals surface area (Å²) < 4.78 is 4.48. The zero-order valence-electron chi connectivity index (χ0n) is 10.5. The smallest absolute Gasteiger partial charge is 0.407 e. The van der Waals surface area contributed by atoms with Crippen molar-refractivity contribution < 1.29 is 14.3 Å². The SMILES string of the molecule is CCCCNC(=O)C(NC(=O)OC)C(C)C. The fraction of sp³-hybridized carbons (Fsp3) is 0.818. The zero-order valence-corrected chi connectivity index (χ0v) is 10.5. The summed E-state index contributed by atoms with van der Waals surface area (Å²) in [5.74, 6) is -0.130. The van der Waals surface area contributed by atoms with Crippen molar-refractivity contribution in [3.63, 3.8) is 0 Å². The second kappa shape index (κ2) is 7.96. The maximum absolute atomic E-state index is 11.7. The van der Waals surface area contributed by atoms with Gasteiger partial charge in [0.15, 0.2) is 0 Å². The second-order valence-electron chi connectivity index (χ2n) is 4.00. The summed E-state index contributed by atoms with van der Waals surface area (Å²) >= 11 is 0. The molecule has 2 amide bonds. The van der Waals surface area contributed by atoms with E-state index in [-0.39, 0.29) is 11.8 Å². The quantitative estimate of drug-likeness (QED) is 0.675. The van der Waals surface area contributed by atoms with Crippen LogP contribution in [-0.4, -0.2) is 31.7 Å². The average Bonchev–Trinajstić information content (AvgIpc) is 2.25. The lowest BCUT2D eigenvalue weighted by Crippen LogP contribution is -2.49. The molecule has 0 aromatic rings. The first-order valence-electron chi connectivity index (χ1n) is 5.65. The van der Waals surface area contributed by atoms with Crippen molar-refractivity contribution in [3.8, 4) is 0 Å². The molecule has 0 aromatic carbocycles. The first-order valence-corrected chi connectivity index (χ1v) is 5.65. The summed E-state index contributed by atoms with van der Waals surface area (Å²) in [6, 6.07) is -0.538.